The van der Waals surface area contributed by atoms with Crippen LogP contribution < -0.4 is 0 Å². The molecule has 0 aromatic carbocycles. The maximum absolute atomic E-state index is 12.3. The molecule has 1 aliphatic heterocycles. The van der Waals surface area contributed by atoms with Crippen LogP contribution in [-0.2, 0) is 23.7 Å². The first-order chi connectivity index (χ1) is 12.1. The summed E-state index contributed by atoms with van der Waals surface area (Å²) in [5.74, 6) is 0.559. The van der Waals surface area contributed by atoms with Crippen molar-refractivity contribution < 1.29 is 23.7 Å². The Kier molecular flexibility index (Phi) is 5.46. The molecule has 1 saturated heterocycles. The highest BCUT2D eigenvalue weighted by Crippen LogP contribution is 2.63. The lowest BCUT2D eigenvalue weighted by Gasteiger charge is -2.42. The molecule has 3 aliphatic rings. The molecule has 0 radical (unpaired) electrons. The Morgan fingerprint density at radius 2 is 1.85 bits per heavy atom. The molecule has 3 fully saturated rings. The lowest BCUT2D eigenvalue weighted by atomic mass is 9.70. The van der Waals surface area contributed by atoms with Crippen LogP contribution in [0.1, 0.15) is 67.2 Å². The van der Waals surface area contributed by atoms with E-state index in [2.05, 4.69) is 20.8 Å². The van der Waals surface area contributed by atoms with Crippen molar-refractivity contribution in [2.75, 3.05) is 20.0 Å². The van der Waals surface area contributed by atoms with Crippen LogP contribution in [0, 0.1) is 22.2 Å². The summed E-state index contributed by atoms with van der Waals surface area (Å²) in [6.07, 6.45) is 4.17. The molecule has 5 atom stereocenters. The van der Waals surface area contributed by atoms with Crippen LogP contribution in [-0.4, -0.2) is 44.3 Å². The Balaban J connectivity index is 1.51. The molecule has 1 heterocycles. The first-order valence-electron chi connectivity index (χ1n) is 10.1. The second-order valence-corrected chi connectivity index (χ2v) is 10.0. The molecule has 0 spiro atoms. The van der Waals surface area contributed by atoms with E-state index in [0.29, 0.717) is 13.2 Å². The van der Waals surface area contributed by atoms with Crippen LogP contribution in [0.3, 0.4) is 0 Å². The average molecular weight is 369 g/mol. The smallest absolute Gasteiger partial charge is 0.311 e. The highest BCUT2D eigenvalue weighted by molar-refractivity contribution is 5.76. The normalized spacial score (nSPS) is 38.7. The molecule has 0 aromatic rings. The van der Waals surface area contributed by atoms with Crippen molar-refractivity contribution in [1.29, 1.82) is 0 Å². The summed E-state index contributed by atoms with van der Waals surface area (Å²) in [5.41, 5.74) is -0.0222. The minimum absolute atomic E-state index is 0.188. The highest BCUT2D eigenvalue weighted by atomic mass is 16.7. The van der Waals surface area contributed by atoms with E-state index in [1.165, 1.54) is 19.3 Å². The predicted molar refractivity (Wildman–Crippen MR) is 98.6 cm³/mol. The first kappa shape index (κ1) is 20.1. The van der Waals surface area contributed by atoms with Gasteiger partial charge < -0.3 is 18.9 Å². The van der Waals surface area contributed by atoms with Crippen molar-refractivity contribution in [3.63, 3.8) is 0 Å². The molecular weight excluding hydrogens is 332 g/mol. The molecule has 5 heteroatoms. The van der Waals surface area contributed by atoms with Crippen LogP contribution in [0.25, 0.3) is 0 Å². The number of hydrogen-bond acceptors (Lipinski definition) is 5. The largest absolute Gasteiger partial charge is 0.457 e. The fourth-order valence-electron chi connectivity index (χ4n) is 5.09. The molecule has 3 rings (SSSR count). The summed E-state index contributed by atoms with van der Waals surface area (Å²) < 4.78 is 23.3. The summed E-state index contributed by atoms with van der Waals surface area (Å²) in [6.45, 7) is 13.9. The number of carbonyl (C=O) groups excluding carboxylic acids is 1. The van der Waals surface area contributed by atoms with E-state index in [1.807, 2.05) is 20.8 Å². The first-order valence-corrected chi connectivity index (χ1v) is 10.1. The Bertz CT molecular complexity index is 524. The highest BCUT2D eigenvalue weighted by Gasteiger charge is 2.60. The van der Waals surface area contributed by atoms with Gasteiger partial charge >= 0.3 is 5.97 Å². The maximum atomic E-state index is 12.3. The molecule has 150 valence electrons. The quantitative estimate of drug-likeness (QED) is 0.503. The zero-order valence-corrected chi connectivity index (χ0v) is 17.3. The molecular formula is C21H36O5. The Hall–Kier alpha value is -0.650. The van der Waals surface area contributed by atoms with Crippen molar-refractivity contribution in [3.05, 3.63) is 0 Å². The summed E-state index contributed by atoms with van der Waals surface area (Å²) in [4.78, 5) is 12.3. The number of rotatable bonds is 7. The molecule has 2 aliphatic carbocycles. The third kappa shape index (κ3) is 3.55. The van der Waals surface area contributed by atoms with Crippen molar-refractivity contribution in [3.8, 4) is 0 Å². The van der Waals surface area contributed by atoms with Crippen LogP contribution >= 0.6 is 0 Å². The van der Waals surface area contributed by atoms with Gasteiger partial charge in [-0.15, -0.1) is 0 Å². The summed E-state index contributed by atoms with van der Waals surface area (Å²) in [5, 5.41) is 0. The minimum atomic E-state index is -0.481. The average Bonchev–Trinajstić information content (AvgIpc) is 3.22. The maximum Gasteiger partial charge on any atom is 0.311 e. The molecule has 0 amide bonds. The monoisotopic (exact) mass is 368 g/mol. The van der Waals surface area contributed by atoms with Crippen LogP contribution in [0.15, 0.2) is 0 Å². The van der Waals surface area contributed by atoms with Crippen LogP contribution in [0.2, 0.25) is 0 Å². The van der Waals surface area contributed by atoms with Gasteiger partial charge in [-0.05, 0) is 56.3 Å². The van der Waals surface area contributed by atoms with Gasteiger partial charge in [0.1, 0.15) is 12.9 Å². The number of esters is 1. The lowest BCUT2D eigenvalue weighted by Crippen LogP contribution is -2.43. The Morgan fingerprint density at radius 1 is 1.15 bits per heavy atom. The van der Waals surface area contributed by atoms with Crippen LogP contribution in [0.4, 0.5) is 0 Å². The van der Waals surface area contributed by atoms with E-state index in [-0.39, 0.29) is 41.9 Å². The van der Waals surface area contributed by atoms with Gasteiger partial charge in [0.25, 0.3) is 0 Å². The number of fused-ring (bicyclic) bond motifs is 2. The van der Waals surface area contributed by atoms with Crippen molar-refractivity contribution in [2.45, 2.75) is 85.5 Å². The van der Waals surface area contributed by atoms with Crippen molar-refractivity contribution in [1.82, 2.24) is 0 Å². The van der Waals surface area contributed by atoms with Gasteiger partial charge in [-0.2, -0.15) is 0 Å². The van der Waals surface area contributed by atoms with E-state index >= 15 is 0 Å². The predicted octanol–water partition coefficient (Wildman–Crippen LogP) is 3.94. The molecule has 5 nitrogen and oxygen atoms in total. The number of hydrogen-bond donors (Lipinski definition) is 0. The van der Waals surface area contributed by atoms with Gasteiger partial charge in [0.15, 0.2) is 6.10 Å². The standard InChI is InChI=1S/C21H36O5/c1-7-19(2,3)18(22)26-16-12-23-11-15(16)24-13-25-17-20(4,5)14-8-9-21(17,6)10-14/h14-17H,7-13H2,1-6H3. The molecule has 2 saturated carbocycles. The zero-order valence-electron chi connectivity index (χ0n) is 17.3. The summed E-state index contributed by atoms with van der Waals surface area (Å²) in [7, 11) is 0. The number of carbonyl (C=O) groups is 1. The van der Waals surface area contributed by atoms with Crippen molar-refractivity contribution in [2.24, 2.45) is 22.2 Å². The van der Waals surface area contributed by atoms with E-state index in [4.69, 9.17) is 18.9 Å². The van der Waals surface area contributed by atoms with Gasteiger partial charge in [-0.25, -0.2) is 0 Å². The zero-order chi connectivity index (χ0) is 19.2. The van der Waals surface area contributed by atoms with Gasteiger partial charge in [-0.1, -0.05) is 27.7 Å². The fraction of sp³-hybridized carbons (Fsp3) is 0.952. The molecule has 2 bridgehead atoms. The summed E-state index contributed by atoms with van der Waals surface area (Å²) in [6, 6.07) is 0. The minimum Gasteiger partial charge on any atom is -0.457 e. The van der Waals surface area contributed by atoms with Gasteiger partial charge in [0.2, 0.25) is 0 Å². The Labute approximate surface area is 158 Å². The third-order valence-electron chi connectivity index (χ3n) is 7.33. The van der Waals surface area contributed by atoms with Gasteiger partial charge in [0.05, 0.1) is 24.7 Å². The number of ether oxygens (including phenoxy) is 4. The van der Waals surface area contributed by atoms with Crippen molar-refractivity contribution >= 4 is 5.97 Å². The fourth-order valence-corrected chi connectivity index (χ4v) is 5.09. The van der Waals surface area contributed by atoms with Gasteiger partial charge in [0, 0.05) is 0 Å². The Morgan fingerprint density at radius 3 is 2.46 bits per heavy atom. The van der Waals surface area contributed by atoms with E-state index < -0.39 is 5.41 Å². The van der Waals surface area contributed by atoms with E-state index in [9.17, 15) is 4.79 Å². The molecule has 0 aromatic heterocycles. The van der Waals surface area contributed by atoms with E-state index in [0.717, 1.165) is 12.3 Å². The van der Waals surface area contributed by atoms with E-state index in [1.54, 1.807) is 0 Å². The summed E-state index contributed by atoms with van der Waals surface area (Å²) >= 11 is 0. The molecule has 26 heavy (non-hydrogen) atoms. The second-order valence-electron chi connectivity index (χ2n) is 10.0. The van der Waals surface area contributed by atoms with Crippen LogP contribution in [0.5, 0.6) is 0 Å². The second kappa shape index (κ2) is 7.06. The molecule has 5 unspecified atom stereocenters. The third-order valence-corrected chi connectivity index (χ3v) is 7.33. The van der Waals surface area contributed by atoms with Gasteiger partial charge in [-0.3, -0.25) is 4.79 Å². The topological polar surface area (TPSA) is 54.0 Å². The molecule has 0 N–H and O–H groups in total. The SMILES string of the molecule is CCC(C)(C)C(=O)OC1COCC1OCOC1C2(C)CCC(C2)C1(C)C. The lowest BCUT2D eigenvalue weighted by molar-refractivity contribution is -0.191.